The van der Waals surface area contributed by atoms with E-state index in [0.717, 1.165) is 0 Å². The van der Waals surface area contributed by atoms with Gasteiger partial charge in [-0.15, -0.1) is 16.8 Å². The molecule has 1 amide bonds. The molecule has 2 aromatic carbocycles. The van der Waals surface area contributed by atoms with Crippen LogP contribution in [0, 0.1) is 0 Å². The Bertz CT molecular complexity index is 1720. The van der Waals surface area contributed by atoms with Gasteiger partial charge in [0.1, 0.15) is 16.9 Å². The van der Waals surface area contributed by atoms with Crippen LogP contribution in [0.3, 0.4) is 0 Å². The number of halogens is 6. The van der Waals surface area contributed by atoms with Crippen molar-refractivity contribution in [2.24, 2.45) is 0 Å². The number of hydrogen-bond donors (Lipinski definition) is 1. The number of rotatable bonds is 10. The minimum atomic E-state index is -5.08. The molecule has 9 nitrogen and oxygen atoms in total. The van der Waals surface area contributed by atoms with Gasteiger partial charge in [0.15, 0.2) is 5.69 Å². The Morgan fingerprint density at radius 1 is 0.957 bits per heavy atom. The van der Waals surface area contributed by atoms with Gasteiger partial charge in [-0.2, -0.15) is 26.3 Å². The van der Waals surface area contributed by atoms with Crippen molar-refractivity contribution in [2.45, 2.75) is 64.3 Å². The first-order valence-corrected chi connectivity index (χ1v) is 14.0. The Kier molecular flexibility index (Phi) is 9.99. The van der Waals surface area contributed by atoms with Gasteiger partial charge in [-0.3, -0.25) is 5.32 Å². The smallest absolute Gasteiger partial charge is 0.426 e. The number of nitrogens with zero attached hydrogens (tertiary/aromatic N) is 3. The molecule has 0 spiro atoms. The molecule has 1 N–H and O–H groups in total. The number of alkyl halides is 6. The minimum Gasteiger partial charge on any atom is -0.444 e. The summed E-state index contributed by atoms with van der Waals surface area (Å²) in [6, 6.07) is 14.6. The fraction of sp³-hybridized carbons (Fsp3) is 0.312. The van der Waals surface area contributed by atoms with Crippen LogP contribution in [0.4, 0.5) is 36.8 Å². The number of amides is 1. The average molecular weight is 665 g/mol. The molecule has 4 aromatic rings. The van der Waals surface area contributed by atoms with Crippen molar-refractivity contribution >= 4 is 11.8 Å². The second-order valence-corrected chi connectivity index (χ2v) is 11.3. The number of hydrogen-bond acceptors (Lipinski definition) is 8. The number of anilines is 1. The minimum absolute atomic E-state index is 0.00521. The molecule has 4 rings (SSSR count). The summed E-state index contributed by atoms with van der Waals surface area (Å²) in [4.78, 5) is 16.6. The molecule has 0 aliphatic carbocycles. The first-order valence-electron chi connectivity index (χ1n) is 14.0. The molecule has 47 heavy (non-hydrogen) atoms. The fourth-order valence-electron chi connectivity index (χ4n) is 4.06. The van der Waals surface area contributed by atoms with E-state index in [4.69, 9.17) is 18.6 Å². The number of carbonyl (C=O) groups excluding carboxylic acids is 1. The second-order valence-electron chi connectivity index (χ2n) is 11.3. The summed E-state index contributed by atoms with van der Waals surface area (Å²) < 4.78 is 108. The molecule has 1 unspecified atom stereocenters. The number of pyridine rings is 1. The van der Waals surface area contributed by atoms with Crippen LogP contribution in [0.25, 0.3) is 11.6 Å². The predicted octanol–water partition coefficient (Wildman–Crippen LogP) is 9.01. The van der Waals surface area contributed by atoms with E-state index in [1.54, 1.807) is 42.5 Å². The van der Waals surface area contributed by atoms with Gasteiger partial charge in [-0.25, -0.2) is 9.78 Å². The molecule has 0 aliphatic rings. The maximum absolute atomic E-state index is 14.4. The lowest BCUT2D eigenvalue weighted by Gasteiger charge is -2.28. The third kappa shape index (κ3) is 8.47. The van der Waals surface area contributed by atoms with E-state index in [-0.39, 0.29) is 12.2 Å². The SMILES string of the molecule is C=CCc1ccccc1Oc1nc(-c2nnc(C(C)(OCc3ccccc3)C(F)(F)F)o2)c(NC(=O)OC(C)(C)C)cc1C(F)(F)F. The van der Waals surface area contributed by atoms with Crippen molar-refractivity contribution in [1.29, 1.82) is 0 Å². The Labute approximate surface area is 265 Å². The van der Waals surface area contributed by atoms with Crippen LogP contribution in [-0.4, -0.2) is 33.1 Å². The molecule has 2 aromatic heterocycles. The Morgan fingerprint density at radius 3 is 2.23 bits per heavy atom. The van der Waals surface area contributed by atoms with Crippen LogP contribution in [0.5, 0.6) is 11.6 Å². The van der Waals surface area contributed by atoms with Crippen LogP contribution in [0.1, 0.15) is 50.3 Å². The Morgan fingerprint density at radius 2 is 1.62 bits per heavy atom. The summed E-state index contributed by atoms with van der Waals surface area (Å²) in [6.45, 7) is 8.34. The number of benzene rings is 2. The highest BCUT2D eigenvalue weighted by molar-refractivity contribution is 5.89. The van der Waals surface area contributed by atoms with E-state index >= 15 is 0 Å². The molecule has 1 atom stereocenters. The maximum Gasteiger partial charge on any atom is 0.426 e. The van der Waals surface area contributed by atoms with Crippen LogP contribution in [0.15, 0.2) is 77.7 Å². The second kappa shape index (κ2) is 13.4. The van der Waals surface area contributed by atoms with Crippen molar-refractivity contribution in [2.75, 3.05) is 5.32 Å². The molecular formula is C32H30F6N4O5. The van der Waals surface area contributed by atoms with Crippen molar-refractivity contribution < 1.29 is 49.8 Å². The van der Waals surface area contributed by atoms with Crippen molar-refractivity contribution in [1.82, 2.24) is 15.2 Å². The topological polar surface area (TPSA) is 109 Å². The van der Waals surface area contributed by atoms with Gasteiger partial charge in [-0.05, 0) is 57.4 Å². The maximum atomic E-state index is 14.4. The molecule has 0 saturated carbocycles. The monoisotopic (exact) mass is 664 g/mol. The summed E-state index contributed by atoms with van der Waals surface area (Å²) in [5.74, 6) is -2.85. The molecule has 15 heteroatoms. The summed E-state index contributed by atoms with van der Waals surface area (Å²) in [5.41, 5.74) is -6.06. The van der Waals surface area contributed by atoms with Gasteiger partial charge in [-0.1, -0.05) is 54.6 Å². The Hall–Kier alpha value is -4.92. The van der Waals surface area contributed by atoms with Crippen molar-refractivity contribution in [3.8, 4) is 23.2 Å². The fourth-order valence-corrected chi connectivity index (χ4v) is 4.06. The zero-order chi connectivity index (χ0) is 34.6. The van der Waals surface area contributed by atoms with Crippen molar-refractivity contribution in [3.05, 3.63) is 95.9 Å². The first-order chi connectivity index (χ1) is 21.9. The van der Waals surface area contributed by atoms with Gasteiger partial charge in [0.25, 0.3) is 11.8 Å². The number of para-hydroxylation sites is 1. The van der Waals surface area contributed by atoms with E-state index in [0.29, 0.717) is 24.1 Å². The van der Waals surface area contributed by atoms with Crippen LogP contribution < -0.4 is 10.1 Å². The van der Waals surface area contributed by atoms with Crippen molar-refractivity contribution in [3.63, 3.8) is 0 Å². The summed E-state index contributed by atoms with van der Waals surface area (Å²) in [5, 5.41) is 9.33. The third-order valence-electron chi connectivity index (χ3n) is 6.42. The zero-order valence-electron chi connectivity index (χ0n) is 25.6. The standard InChI is InChI=1S/C32H30F6N4O5/c1-6-12-20-15-10-11-16-23(20)45-25-21(31(33,34)35)17-22(39-28(43)47-29(2,3)4)24(40-25)26-41-42-27(46-26)30(5,32(36,37)38)44-18-19-13-8-7-9-14-19/h6-11,13-17H,1,12,18H2,2-5H3,(H,39,43). The highest BCUT2D eigenvalue weighted by atomic mass is 19.4. The van der Waals surface area contributed by atoms with E-state index in [1.165, 1.54) is 39.0 Å². The molecule has 250 valence electrons. The summed E-state index contributed by atoms with van der Waals surface area (Å²) in [7, 11) is 0. The van der Waals surface area contributed by atoms with Gasteiger partial charge < -0.3 is 18.6 Å². The number of ether oxygens (including phenoxy) is 3. The molecule has 0 saturated heterocycles. The molecule has 0 radical (unpaired) electrons. The highest BCUT2D eigenvalue weighted by Crippen LogP contribution is 2.45. The Balaban J connectivity index is 1.86. The third-order valence-corrected chi connectivity index (χ3v) is 6.42. The molecule has 0 fully saturated rings. The van der Waals surface area contributed by atoms with E-state index in [9.17, 15) is 31.1 Å². The normalized spacial score (nSPS) is 13.5. The zero-order valence-corrected chi connectivity index (χ0v) is 25.6. The molecule has 0 aliphatic heterocycles. The van der Waals surface area contributed by atoms with E-state index in [1.807, 2.05) is 0 Å². The summed E-state index contributed by atoms with van der Waals surface area (Å²) in [6.07, 6.45) is -9.60. The molecular weight excluding hydrogens is 634 g/mol. The highest BCUT2D eigenvalue weighted by Gasteiger charge is 2.58. The summed E-state index contributed by atoms with van der Waals surface area (Å²) >= 11 is 0. The van der Waals surface area contributed by atoms with Crippen LogP contribution >= 0.6 is 0 Å². The first kappa shape index (κ1) is 34.9. The quantitative estimate of drug-likeness (QED) is 0.132. The lowest BCUT2D eigenvalue weighted by Crippen LogP contribution is -2.42. The van der Waals surface area contributed by atoms with Gasteiger partial charge in [0, 0.05) is 0 Å². The number of carbonyl (C=O) groups is 1. The van der Waals surface area contributed by atoms with Gasteiger partial charge >= 0.3 is 18.4 Å². The number of nitrogens with one attached hydrogen (secondary N) is 1. The van der Waals surface area contributed by atoms with Crippen LogP contribution in [0.2, 0.25) is 0 Å². The predicted molar refractivity (Wildman–Crippen MR) is 157 cm³/mol. The van der Waals surface area contributed by atoms with Gasteiger partial charge in [0.05, 0.1) is 12.3 Å². The molecule has 2 heterocycles. The lowest BCUT2D eigenvalue weighted by molar-refractivity contribution is -0.289. The van der Waals surface area contributed by atoms with E-state index in [2.05, 4.69) is 27.1 Å². The lowest BCUT2D eigenvalue weighted by atomic mass is 10.1. The molecule has 0 bridgehead atoms. The number of allylic oxidation sites excluding steroid dienone is 1. The van der Waals surface area contributed by atoms with Crippen LogP contribution in [-0.2, 0) is 34.3 Å². The largest absolute Gasteiger partial charge is 0.444 e. The van der Waals surface area contributed by atoms with Gasteiger partial charge in [0.2, 0.25) is 11.5 Å². The average Bonchev–Trinajstić information content (AvgIpc) is 3.47. The van der Waals surface area contributed by atoms with E-state index < -0.39 is 70.9 Å². The number of aromatic nitrogens is 3.